The van der Waals surface area contributed by atoms with Crippen molar-refractivity contribution >= 4 is 34.2 Å². The van der Waals surface area contributed by atoms with E-state index in [9.17, 15) is 9.32 Å². The highest BCUT2D eigenvalue weighted by atomic mass is 35.5. The molecule has 0 unspecified atom stereocenters. The van der Waals surface area contributed by atoms with Crippen LogP contribution in [0.4, 0.5) is 11.8 Å². The standard InChI is InChI=1S/C25H31ClN4O2S/c26-19-4-2-17(3-5-19)18-6-11-24(12-7-18)14-30(15-24)23-27-20-8-13-33(32)21(20)22(28-23)29-25(16-31)9-1-10-25/h2-5,18,31H,1,6-16H2,(H,27,28,29)/t33-/m0/s1. The van der Waals surface area contributed by atoms with Crippen molar-refractivity contribution in [2.75, 3.05) is 35.7 Å². The molecule has 6 nitrogen and oxygen atoms in total. The first-order valence-corrected chi connectivity index (χ1v) is 13.9. The third-order valence-electron chi connectivity index (χ3n) is 8.40. The molecule has 3 heterocycles. The molecule has 2 N–H and O–H groups in total. The van der Waals surface area contributed by atoms with Crippen LogP contribution in [-0.2, 0) is 17.2 Å². The summed E-state index contributed by atoms with van der Waals surface area (Å²) in [5, 5.41) is 14.2. The fourth-order valence-electron chi connectivity index (χ4n) is 6.11. The molecule has 33 heavy (non-hydrogen) atoms. The molecular formula is C25H31ClN4O2S. The van der Waals surface area contributed by atoms with E-state index in [1.54, 1.807) is 0 Å². The van der Waals surface area contributed by atoms with Crippen LogP contribution in [0.1, 0.15) is 62.1 Å². The Kier molecular flexibility index (Phi) is 5.42. The third kappa shape index (κ3) is 3.86. The predicted molar refractivity (Wildman–Crippen MR) is 132 cm³/mol. The Morgan fingerprint density at radius 2 is 1.85 bits per heavy atom. The Morgan fingerprint density at radius 3 is 2.48 bits per heavy atom. The first-order chi connectivity index (χ1) is 16.0. The van der Waals surface area contributed by atoms with Crippen LogP contribution in [0.5, 0.6) is 0 Å². The van der Waals surface area contributed by atoms with Crippen LogP contribution in [0.2, 0.25) is 5.02 Å². The van der Waals surface area contributed by atoms with Gasteiger partial charge >= 0.3 is 0 Å². The summed E-state index contributed by atoms with van der Waals surface area (Å²) in [5.74, 6) is 2.69. The molecule has 2 aromatic rings. The van der Waals surface area contributed by atoms with E-state index >= 15 is 0 Å². The summed E-state index contributed by atoms with van der Waals surface area (Å²) in [6.45, 7) is 2.06. The molecule has 0 radical (unpaired) electrons. The second-order valence-corrected chi connectivity index (χ2v) is 12.5. The van der Waals surface area contributed by atoms with Gasteiger partial charge in [0.25, 0.3) is 0 Å². The van der Waals surface area contributed by atoms with Gasteiger partial charge in [-0.2, -0.15) is 4.98 Å². The summed E-state index contributed by atoms with van der Waals surface area (Å²) in [6, 6.07) is 8.35. The minimum Gasteiger partial charge on any atom is -0.394 e. The molecule has 0 bridgehead atoms. The highest BCUT2D eigenvalue weighted by Crippen LogP contribution is 2.49. The number of aromatic nitrogens is 2. The van der Waals surface area contributed by atoms with Crippen molar-refractivity contribution in [1.29, 1.82) is 0 Å². The predicted octanol–water partition coefficient (Wildman–Crippen LogP) is 4.28. The summed E-state index contributed by atoms with van der Waals surface area (Å²) < 4.78 is 12.6. The van der Waals surface area contributed by atoms with Gasteiger partial charge in [-0.05, 0) is 68.6 Å². The SMILES string of the molecule is O=[S@]1CCc2nc(N3CC4(CCC(c5ccc(Cl)cc5)CC4)C3)nc(NC3(CO)CCC3)c21. The lowest BCUT2D eigenvalue weighted by Gasteiger charge is -2.53. The minimum absolute atomic E-state index is 0.0787. The Bertz CT molecular complexity index is 1070. The quantitative estimate of drug-likeness (QED) is 0.656. The van der Waals surface area contributed by atoms with Crippen LogP contribution in [0.15, 0.2) is 29.2 Å². The van der Waals surface area contributed by atoms with E-state index in [2.05, 4.69) is 22.3 Å². The Balaban J connectivity index is 1.16. The maximum Gasteiger partial charge on any atom is 0.227 e. The third-order valence-corrected chi connectivity index (χ3v) is 10.1. The smallest absolute Gasteiger partial charge is 0.227 e. The molecule has 2 saturated carbocycles. The second kappa shape index (κ2) is 8.21. The number of aliphatic hydroxyl groups is 1. The van der Waals surface area contributed by atoms with Crippen molar-refractivity contribution in [2.24, 2.45) is 5.41 Å². The van der Waals surface area contributed by atoms with E-state index in [1.807, 2.05) is 12.1 Å². The van der Waals surface area contributed by atoms with Gasteiger partial charge in [0.2, 0.25) is 5.95 Å². The first kappa shape index (κ1) is 21.8. The van der Waals surface area contributed by atoms with E-state index in [4.69, 9.17) is 21.6 Å². The van der Waals surface area contributed by atoms with Crippen LogP contribution < -0.4 is 10.2 Å². The normalized spacial score (nSPS) is 25.4. The number of anilines is 2. The molecule has 4 aliphatic rings. The molecule has 2 aliphatic carbocycles. The highest BCUT2D eigenvalue weighted by molar-refractivity contribution is 7.85. The zero-order valence-corrected chi connectivity index (χ0v) is 20.4. The van der Waals surface area contributed by atoms with Crippen molar-refractivity contribution < 1.29 is 9.32 Å². The van der Waals surface area contributed by atoms with Crippen molar-refractivity contribution in [1.82, 2.24) is 9.97 Å². The molecule has 1 aromatic heterocycles. The van der Waals surface area contributed by atoms with Crippen LogP contribution in [0.25, 0.3) is 0 Å². The molecule has 1 aromatic carbocycles. The Labute approximate surface area is 202 Å². The molecule has 2 aliphatic heterocycles. The summed E-state index contributed by atoms with van der Waals surface area (Å²) in [7, 11) is -1.06. The number of nitrogens with zero attached hydrogens (tertiary/aromatic N) is 3. The molecule has 3 fully saturated rings. The number of rotatable bonds is 5. The van der Waals surface area contributed by atoms with Crippen LogP contribution in [0.3, 0.4) is 0 Å². The number of hydrogen-bond acceptors (Lipinski definition) is 6. The minimum atomic E-state index is -1.06. The van der Waals surface area contributed by atoms with Gasteiger partial charge in [0.05, 0.1) is 28.6 Å². The van der Waals surface area contributed by atoms with Crippen molar-refractivity contribution in [3.05, 3.63) is 40.5 Å². The summed E-state index contributed by atoms with van der Waals surface area (Å²) >= 11 is 6.06. The van der Waals surface area contributed by atoms with Gasteiger partial charge in [0.15, 0.2) is 0 Å². The first-order valence-electron chi connectivity index (χ1n) is 12.2. The molecule has 176 valence electrons. The lowest BCUT2D eigenvalue weighted by molar-refractivity contribution is 0.126. The molecule has 1 saturated heterocycles. The van der Waals surface area contributed by atoms with Crippen LogP contribution in [0, 0.1) is 5.41 Å². The van der Waals surface area contributed by atoms with E-state index in [0.717, 1.165) is 60.3 Å². The second-order valence-electron chi connectivity index (χ2n) is 10.5. The van der Waals surface area contributed by atoms with E-state index in [1.165, 1.54) is 31.2 Å². The molecule has 6 rings (SSSR count). The molecule has 1 atom stereocenters. The highest BCUT2D eigenvalue weighted by Gasteiger charge is 2.47. The summed E-state index contributed by atoms with van der Waals surface area (Å²) in [4.78, 5) is 12.8. The van der Waals surface area contributed by atoms with Crippen molar-refractivity contribution in [3.63, 3.8) is 0 Å². The number of aryl methyl sites for hydroxylation is 1. The average molecular weight is 487 g/mol. The fraction of sp³-hybridized carbons (Fsp3) is 0.600. The van der Waals surface area contributed by atoms with Crippen LogP contribution in [-0.4, -0.2) is 50.3 Å². The number of fused-ring (bicyclic) bond motifs is 1. The van der Waals surface area contributed by atoms with E-state index in [-0.39, 0.29) is 12.1 Å². The Hall–Kier alpha value is -1.70. The van der Waals surface area contributed by atoms with Gasteiger partial charge in [0, 0.05) is 35.7 Å². The number of halogens is 1. The topological polar surface area (TPSA) is 78.4 Å². The molecular weight excluding hydrogens is 456 g/mol. The zero-order chi connectivity index (χ0) is 22.6. The maximum atomic E-state index is 12.6. The van der Waals surface area contributed by atoms with E-state index < -0.39 is 10.8 Å². The molecule has 0 amide bonds. The van der Waals surface area contributed by atoms with Crippen molar-refractivity contribution in [2.45, 2.75) is 67.7 Å². The number of benzene rings is 1. The van der Waals surface area contributed by atoms with Gasteiger partial charge in [-0.25, -0.2) is 4.98 Å². The van der Waals surface area contributed by atoms with Crippen molar-refractivity contribution in [3.8, 4) is 0 Å². The van der Waals surface area contributed by atoms with E-state index in [0.29, 0.717) is 22.9 Å². The maximum absolute atomic E-state index is 12.6. The largest absolute Gasteiger partial charge is 0.394 e. The fourth-order valence-corrected chi connectivity index (χ4v) is 7.54. The monoisotopic (exact) mass is 486 g/mol. The number of aliphatic hydroxyl groups excluding tert-OH is 1. The van der Waals surface area contributed by atoms with Gasteiger partial charge in [-0.15, -0.1) is 0 Å². The number of hydrogen-bond donors (Lipinski definition) is 2. The van der Waals surface area contributed by atoms with Gasteiger partial charge in [0.1, 0.15) is 10.7 Å². The van der Waals surface area contributed by atoms with Gasteiger partial charge in [-0.3, -0.25) is 4.21 Å². The zero-order valence-electron chi connectivity index (χ0n) is 18.9. The average Bonchev–Trinajstić information content (AvgIpc) is 3.16. The number of nitrogens with one attached hydrogen (secondary N) is 1. The lowest BCUT2D eigenvalue weighted by atomic mass is 9.65. The Morgan fingerprint density at radius 1 is 1.12 bits per heavy atom. The summed E-state index contributed by atoms with van der Waals surface area (Å²) in [5.41, 5.74) is 2.37. The van der Waals surface area contributed by atoms with Gasteiger partial charge < -0.3 is 15.3 Å². The van der Waals surface area contributed by atoms with Crippen LogP contribution >= 0.6 is 11.6 Å². The lowest BCUT2D eigenvalue weighted by Crippen LogP contribution is -2.58. The molecule has 8 heteroatoms. The summed E-state index contributed by atoms with van der Waals surface area (Å²) in [6.07, 6.45) is 8.56. The molecule has 1 spiro atoms. The van der Waals surface area contributed by atoms with Gasteiger partial charge in [-0.1, -0.05) is 23.7 Å².